The molecule has 0 radical (unpaired) electrons. The number of nitrogens with zero attached hydrogens (tertiary/aromatic N) is 2. The molecule has 0 atom stereocenters. The van der Waals surface area contributed by atoms with Crippen LogP contribution >= 0.6 is 0 Å². The van der Waals surface area contributed by atoms with Crippen LogP contribution in [0.15, 0.2) is 42.7 Å². The van der Waals surface area contributed by atoms with Crippen molar-refractivity contribution >= 4 is 10.0 Å². The summed E-state index contributed by atoms with van der Waals surface area (Å²) in [4.78, 5) is 4.22. The molecule has 0 amide bonds. The van der Waals surface area contributed by atoms with Crippen LogP contribution < -0.4 is 0 Å². The number of pyridine rings is 1. The van der Waals surface area contributed by atoms with Crippen LogP contribution in [0.4, 0.5) is 0 Å². The zero-order chi connectivity index (χ0) is 16.8. The van der Waals surface area contributed by atoms with Gasteiger partial charge in [0.25, 0.3) is 0 Å². The molecule has 1 fully saturated rings. The van der Waals surface area contributed by atoms with Crippen LogP contribution in [-0.2, 0) is 21.9 Å². The number of fused-ring (bicyclic) bond motifs is 2. The van der Waals surface area contributed by atoms with Crippen LogP contribution in [0, 0.1) is 0 Å². The third-order valence-electron chi connectivity index (χ3n) is 5.70. The summed E-state index contributed by atoms with van der Waals surface area (Å²) < 4.78 is 25.2. The number of hydrogen-bond acceptors (Lipinski definition) is 3. The first-order chi connectivity index (χ1) is 11.5. The lowest BCUT2D eigenvalue weighted by atomic mass is 9.74. The van der Waals surface area contributed by atoms with Crippen LogP contribution in [0.2, 0.25) is 0 Å². The summed E-state index contributed by atoms with van der Waals surface area (Å²) in [6.07, 6.45) is 9.08. The summed E-state index contributed by atoms with van der Waals surface area (Å²) in [5.74, 6) is 0. The molecule has 0 N–H and O–H groups in total. The van der Waals surface area contributed by atoms with Gasteiger partial charge in [-0.1, -0.05) is 24.3 Å². The van der Waals surface area contributed by atoms with E-state index in [9.17, 15) is 8.42 Å². The van der Waals surface area contributed by atoms with Crippen LogP contribution in [0.25, 0.3) is 11.1 Å². The molecular weight excluding hydrogens is 320 g/mol. The van der Waals surface area contributed by atoms with E-state index in [2.05, 4.69) is 29.2 Å². The molecule has 0 bridgehead atoms. The van der Waals surface area contributed by atoms with E-state index in [1.807, 2.05) is 12.3 Å². The third-order valence-corrected chi connectivity index (χ3v) is 7.00. The Hall–Kier alpha value is -1.72. The number of rotatable bonds is 2. The molecule has 1 spiro atoms. The Morgan fingerprint density at radius 1 is 1.08 bits per heavy atom. The minimum atomic E-state index is -3.08. The Morgan fingerprint density at radius 3 is 2.54 bits per heavy atom. The first kappa shape index (κ1) is 15.8. The van der Waals surface area contributed by atoms with Crippen molar-refractivity contribution in [3.8, 4) is 11.1 Å². The van der Waals surface area contributed by atoms with Crippen LogP contribution in [0.5, 0.6) is 0 Å². The Bertz CT molecular complexity index is 854. The quantitative estimate of drug-likeness (QED) is 0.843. The highest BCUT2D eigenvalue weighted by Gasteiger charge is 2.42. The number of benzene rings is 1. The van der Waals surface area contributed by atoms with Crippen molar-refractivity contribution in [3.05, 3.63) is 53.9 Å². The molecule has 4 rings (SSSR count). The second kappa shape index (κ2) is 5.67. The van der Waals surface area contributed by atoms with Crippen LogP contribution in [-0.4, -0.2) is 37.1 Å². The molecule has 1 aliphatic carbocycles. The smallest absolute Gasteiger partial charge is 0.211 e. The fraction of sp³-hybridized carbons (Fsp3) is 0.421. The van der Waals surface area contributed by atoms with Crippen molar-refractivity contribution < 1.29 is 8.42 Å². The number of sulfonamides is 1. The lowest BCUT2D eigenvalue weighted by Crippen LogP contribution is -2.43. The summed E-state index contributed by atoms with van der Waals surface area (Å²) in [6, 6.07) is 10.8. The molecule has 5 heteroatoms. The van der Waals surface area contributed by atoms with E-state index in [4.69, 9.17) is 0 Å². The van der Waals surface area contributed by atoms with Crippen molar-refractivity contribution in [1.29, 1.82) is 0 Å². The molecule has 0 saturated carbocycles. The van der Waals surface area contributed by atoms with E-state index in [0.717, 1.165) is 31.2 Å². The number of aromatic nitrogens is 1. The fourth-order valence-corrected chi connectivity index (χ4v) is 5.12. The topological polar surface area (TPSA) is 50.3 Å². The van der Waals surface area contributed by atoms with Crippen molar-refractivity contribution in [2.45, 2.75) is 31.1 Å². The van der Waals surface area contributed by atoms with E-state index >= 15 is 0 Å². The maximum absolute atomic E-state index is 11.8. The average molecular weight is 342 g/mol. The molecule has 1 aromatic carbocycles. The van der Waals surface area contributed by atoms with Gasteiger partial charge in [0, 0.05) is 25.5 Å². The summed E-state index contributed by atoms with van der Waals surface area (Å²) in [5, 5.41) is 0. The maximum atomic E-state index is 11.8. The number of piperidine rings is 1. The van der Waals surface area contributed by atoms with Crippen molar-refractivity contribution in [1.82, 2.24) is 9.29 Å². The van der Waals surface area contributed by atoms with Crippen molar-refractivity contribution in [2.75, 3.05) is 19.3 Å². The lowest BCUT2D eigenvalue weighted by Gasteiger charge is -2.39. The maximum Gasteiger partial charge on any atom is 0.211 e. The number of hydrogen-bond donors (Lipinski definition) is 0. The van der Waals surface area contributed by atoms with E-state index in [1.54, 1.807) is 10.5 Å². The molecule has 4 nitrogen and oxygen atoms in total. The molecule has 1 saturated heterocycles. The molecular formula is C19H22N2O2S. The molecule has 126 valence electrons. The predicted molar refractivity (Wildman–Crippen MR) is 95.3 cm³/mol. The summed E-state index contributed by atoms with van der Waals surface area (Å²) in [6.45, 7) is 1.27. The zero-order valence-corrected chi connectivity index (χ0v) is 14.7. The van der Waals surface area contributed by atoms with Gasteiger partial charge in [-0.15, -0.1) is 0 Å². The first-order valence-corrected chi connectivity index (χ1v) is 10.3. The molecule has 2 aliphatic rings. The highest BCUT2D eigenvalue weighted by atomic mass is 32.2. The lowest BCUT2D eigenvalue weighted by molar-refractivity contribution is 0.233. The van der Waals surface area contributed by atoms with E-state index in [-0.39, 0.29) is 5.41 Å². The highest BCUT2D eigenvalue weighted by molar-refractivity contribution is 7.88. The predicted octanol–water partition coefficient (Wildman–Crippen LogP) is 2.99. The summed E-state index contributed by atoms with van der Waals surface area (Å²) >= 11 is 0. The normalized spacial score (nSPS) is 20.2. The largest absolute Gasteiger partial charge is 0.264 e. The second-order valence-corrected chi connectivity index (χ2v) is 9.04. The van der Waals surface area contributed by atoms with Gasteiger partial charge >= 0.3 is 0 Å². The summed E-state index contributed by atoms with van der Waals surface area (Å²) in [5.41, 5.74) is 5.34. The number of aryl methyl sites for hydroxylation is 1. The van der Waals surface area contributed by atoms with Crippen molar-refractivity contribution in [2.24, 2.45) is 0 Å². The Labute approximate surface area is 143 Å². The molecule has 2 heterocycles. The van der Waals surface area contributed by atoms with Gasteiger partial charge in [-0.2, -0.15) is 0 Å². The Balaban J connectivity index is 1.67. The van der Waals surface area contributed by atoms with Crippen molar-refractivity contribution in [3.63, 3.8) is 0 Å². The highest BCUT2D eigenvalue weighted by Crippen LogP contribution is 2.47. The SMILES string of the molecule is CS(=O)(=O)N1CCC2(CCc3ccc(-c4cccnc4)cc32)CC1. The standard InChI is InChI=1S/C19H22N2O2S/c1-24(22,23)21-11-8-19(9-12-21)7-6-15-4-5-16(13-18(15)19)17-3-2-10-20-14-17/h2-5,10,13-14H,6-9,11-12H2,1H3. The molecule has 24 heavy (non-hydrogen) atoms. The first-order valence-electron chi connectivity index (χ1n) is 8.47. The van der Waals surface area contributed by atoms with Crippen LogP contribution in [0.3, 0.4) is 0 Å². The van der Waals surface area contributed by atoms with Crippen LogP contribution in [0.1, 0.15) is 30.4 Å². The minimum absolute atomic E-state index is 0.148. The van der Waals surface area contributed by atoms with E-state index < -0.39 is 10.0 Å². The molecule has 1 aliphatic heterocycles. The molecule has 0 unspecified atom stereocenters. The molecule has 2 aromatic rings. The van der Waals surface area contributed by atoms with Gasteiger partial charge in [0.2, 0.25) is 10.0 Å². The second-order valence-electron chi connectivity index (χ2n) is 7.06. The van der Waals surface area contributed by atoms with Gasteiger partial charge in [0.15, 0.2) is 0 Å². The van der Waals surface area contributed by atoms with Gasteiger partial charge in [-0.05, 0) is 59.4 Å². The zero-order valence-electron chi connectivity index (χ0n) is 13.9. The monoisotopic (exact) mass is 342 g/mol. The fourth-order valence-electron chi connectivity index (χ4n) is 4.28. The van der Waals surface area contributed by atoms with Gasteiger partial charge in [0.05, 0.1) is 6.26 Å². The molecule has 1 aromatic heterocycles. The van der Waals surface area contributed by atoms with Gasteiger partial charge in [-0.3, -0.25) is 4.98 Å². The minimum Gasteiger partial charge on any atom is -0.264 e. The Morgan fingerprint density at radius 2 is 1.88 bits per heavy atom. The van der Waals surface area contributed by atoms with Gasteiger partial charge in [-0.25, -0.2) is 12.7 Å². The van der Waals surface area contributed by atoms with E-state index in [0.29, 0.717) is 13.1 Å². The van der Waals surface area contributed by atoms with Gasteiger partial charge in [0.1, 0.15) is 0 Å². The average Bonchev–Trinajstić information content (AvgIpc) is 2.93. The summed E-state index contributed by atoms with van der Waals surface area (Å²) in [7, 11) is -3.08. The van der Waals surface area contributed by atoms with E-state index in [1.165, 1.54) is 22.9 Å². The third kappa shape index (κ3) is 2.66. The Kier molecular flexibility index (Phi) is 3.73. The van der Waals surface area contributed by atoms with Gasteiger partial charge < -0.3 is 0 Å².